The van der Waals surface area contributed by atoms with Gasteiger partial charge in [0, 0.05) is 22.5 Å². The van der Waals surface area contributed by atoms with E-state index in [-0.39, 0.29) is 0 Å². The molecule has 0 aromatic rings. The molecule has 1 atom stereocenters. The van der Waals surface area contributed by atoms with Gasteiger partial charge in [0.1, 0.15) is 0 Å². The van der Waals surface area contributed by atoms with E-state index in [0.717, 1.165) is 23.0 Å². The summed E-state index contributed by atoms with van der Waals surface area (Å²) in [5.74, 6) is 4.03. The van der Waals surface area contributed by atoms with E-state index >= 15 is 0 Å². The Hall–Kier alpha value is 1.40. The van der Waals surface area contributed by atoms with Gasteiger partial charge in [-0.1, -0.05) is 0 Å². The second kappa shape index (κ2) is 7.51. The van der Waals surface area contributed by atoms with Gasteiger partial charge < -0.3 is 0 Å². The summed E-state index contributed by atoms with van der Waals surface area (Å²) in [4.78, 5) is 0. The number of rotatable bonds is 5. The Bertz CT molecular complexity index is 56.9. The minimum atomic E-state index is 0.443. The van der Waals surface area contributed by atoms with E-state index in [2.05, 4.69) is 37.9 Å². The van der Waals surface area contributed by atoms with E-state index in [1.165, 1.54) is 0 Å². The van der Waals surface area contributed by atoms with Crippen molar-refractivity contribution < 1.29 is 0 Å². The lowest BCUT2D eigenvalue weighted by Gasteiger charge is -2.04. The zero-order chi connectivity index (χ0) is 7.11. The number of hydrogen-bond acceptors (Lipinski definition) is 4. The summed E-state index contributed by atoms with van der Waals surface area (Å²) >= 11 is 14.4. The standard InChI is InChI=1S/C5H12S4/c6-1-2-9-4-5(8)3-7/h5-8H,1-4H2/t5-/m1/s1. The normalized spacial score (nSPS) is 13.7. The molecule has 0 aromatic heterocycles. The SMILES string of the molecule is SCCSC[C@H](S)CS. The molecule has 0 bridgehead atoms. The van der Waals surface area contributed by atoms with E-state index in [1.807, 2.05) is 11.8 Å². The summed E-state index contributed by atoms with van der Waals surface area (Å²) in [5, 5.41) is 0.443. The molecule has 0 saturated carbocycles. The highest BCUT2D eigenvalue weighted by atomic mass is 32.2. The molecule has 0 heterocycles. The first-order chi connectivity index (χ1) is 4.31. The second-order valence-electron chi connectivity index (χ2n) is 1.63. The molecule has 0 N–H and O–H groups in total. The molecule has 0 rings (SSSR count). The van der Waals surface area contributed by atoms with E-state index in [4.69, 9.17) is 0 Å². The summed E-state index contributed by atoms with van der Waals surface area (Å²) in [7, 11) is 0. The average Bonchev–Trinajstić information content (AvgIpc) is 1.89. The van der Waals surface area contributed by atoms with Crippen LogP contribution in [0.2, 0.25) is 0 Å². The average molecular weight is 200 g/mol. The van der Waals surface area contributed by atoms with Crippen LogP contribution in [0.5, 0.6) is 0 Å². The Morgan fingerprint density at radius 3 is 2.44 bits per heavy atom. The van der Waals surface area contributed by atoms with Gasteiger partial charge in [0.2, 0.25) is 0 Å². The molecule has 0 nitrogen and oxygen atoms in total. The predicted molar refractivity (Wildman–Crippen MR) is 57.8 cm³/mol. The monoisotopic (exact) mass is 200 g/mol. The largest absolute Gasteiger partial charge is 0.179 e. The zero-order valence-corrected chi connectivity index (χ0v) is 8.66. The van der Waals surface area contributed by atoms with Gasteiger partial charge in [0.05, 0.1) is 0 Å². The van der Waals surface area contributed by atoms with Crippen LogP contribution < -0.4 is 0 Å². The molecule has 0 aliphatic heterocycles. The fourth-order valence-electron chi connectivity index (χ4n) is 0.337. The molecule has 0 aliphatic rings. The molecule has 0 amide bonds. The van der Waals surface area contributed by atoms with Crippen molar-refractivity contribution in [2.24, 2.45) is 0 Å². The molecule has 9 heavy (non-hydrogen) atoms. The number of thioether (sulfide) groups is 1. The predicted octanol–water partition coefficient (Wildman–Crippen LogP) is 1.88. The highest BCUT2D eigenvalue weighted by molar-refractivity contribution is 8.00. The number of thiol groups is 3. The van der Waals surface area contributed by atoms with Crippen molar-refractivity contribution in [3.8, 4) is 0 Å². The van der Waals surface area contributed by atoms with Gasteiger partial charge in [-0.25, -0.2) is 0 Å². The molecule has 0 unspecified atom stereocenters. The molecular formula is C5H12S4. The van der Waals surface area contributed by atoms with Crippen molar-refractivity contribution >= 4 is 49.6 Å². The quantitative estimate of drug-likeness (QED) is 0.450. The number of hydrogen-bond donors (Lipinski definition) is 3. The Kier molecular flexibility index (Phi) is 8.67. The summed E-state index contributed by atoms with van der Waals surface area (Å²) in [5.41, 5.74) is 0. The molecular weight excluding hydrogens is 188 g/mol. The molecule has 4 heteroatoms. The second-order valence-corrected chi connectivity index (χ2v) is 4.33. The first-order valence-electron chi connectivity index (χ1n) is 2.78. The first kappa shape index (κ1) is 10.4. The Morgan fingerprint density at radius 2 is 2.00 bits per heavy atom. The lowest BCUT2D eigenvalue weighted by Crippen LogP contribution is -2.04. The maximum atomic E-state index is 4.28. The first-order valence-corrected chi connectivity index (χ1v) is 5.72. The molecule has 0 saturated heterocycles. The topological polar surface area (TPSA) is 0 Å². The van der Waals surface area contributed by atoms with Crippen molar-refractivity contribution in [1.29, 1.82) is 0 Å². The molecule has 0 aromatic carbocycles. The van der Waals surface area contributed by atoms with E-state index in [9.17, 15) is 0 Å². The molecule has 0 aliphatic carbocycles. The van der Waals surface area contributed by atoms with Crippen molar-refractivity contribution in [3.05, 3.63) is 0 Å². The third-order valence-electron chi connectivity index (χ3n) is 0.757. The Balaban J connectivity index is 2.88. The molecule has 0 fully saturated rings. The Morgan fingerprint density at radius 1 is 1.33 bits per heavy atom. The van der Waals surface area contributed by atoms with Crippen LogP contribution in [0, 0.1) is 0 Å². The lowest BCUT2D eigenvalue weighted by atomic mass is 10.6. The highest BCUT2D eigenvalue weighted by Crippen LogP contribution is 2.08. The van der Waals surface area contributed by atoms with Crippen molar-refractivity contribution in [1.82, 2.24) is 0 Å². The van der Waals surface area contributed by atoms with Gasteiger partial charge >= 0.3 is 0 Å². The van der Waals surface area contributed by atoms with Gasteiger partial charge in [-0.2, -0.15) is 49.6 Å². The minimum Gasteiger partial charge on any atom is -0.179 e. The maximum absolute atomic E-state index is 4.28. The van der Waals surface area contributed by atoms with E-state index in [0.29, 0.717) is 5.25 Å². The molecule has 0 spiro atoms. The molecule has 0 radical (unpaired) electrons. The van der Waals surface area contributed by atoms with E-state index < -0.39 is 0 Å². The van der Waals surface area contributed by atoms with Crippen LogP contribution in [0.3, 0.4) is 0 Å². The van der Waals surface area contributed by atoms with Crippen molar-refractivity contribution in [2.75, 3.05) is 23.0 Å². The van der Waals surface area contributed by atoms with Crippen LogP contribution in [-0.4, -0.2) is 28.3 Å². The maximum Gasteiger partial charge on any atom is 0.0196 e. The van der Waals surface area contributed by atoms with Crippen molar-refractivity contribution in [2.45, 2.75) is 5.25 Å². The van der Waals surface area contributed by atoms with E-state index in [1.54, 1.807) is 0 Å². The summed E-state index contributed by atoms with van der Waals surface area (Å²) < 4.78 is 0. The van der Waals surface area contributed by atoms with Gasteiger partial charge in [-0.3, -0.25) is 0 Å². The van der Waals surface area contributed by atoms with Crippen LogP contribution in [0.1, 0.15) is 0 Å². The van der Waals surface area contributed by atoms with Gasteiger partial charge in [-0.05, 0) is 5.75 Å². The van der Waals surface area contributed by atoms with Crippen LogP contribution in [0.15, 0.2) is 0 Å². The van der Waals surface area contributed by atoms with Crippen molar-refractivity contribution in [3.63, 3.8) is 0 Å². The lowest BCUT2D eigenvalue weighted by molar-refractivity contribution is 1.16. The summed E-state index contributed by atoms with van der Waals surface area (Å²) in [6, 6.07) is 0. The third kappa shape index (κ3) is 7.30. The fourth-order valence-corrected chi connectivity index (χ4v) is 2.03. The summed E-state index contributed by atoms with van der Waals surface area (Å²) in [6.45, 7) is 0. The van der Waals surface area contributed by atoms with Gasteiger partial charge in [-0.15, -0.1) is 0 Å². The smallest absolute Gasteiger partial charge is 0.0196 e. The van der Waals surface area contributed by atoms with Crippen LogP contribution >= 0.6 is 49.6 Å². The molecule has 56 valence electrons. The van der Waals surface area contributed by atoms with Crippen LogP contribution in [0.25, 0.3) is 0 Å². The highest BCUT2D eigenvalue weighted by Gasteiger charge is 1.97. The van der Waals surface area contributed by atoms with Crippen LogP contribution in [-0.2, 0) is 0 Å². The Labute approximate surface area is 77.8 Å². The van der Waals surface area contributed by atoms with Gasteiger partial charge in [0.15, 0.2) is 0 Å². The van der Waals surface area contributed by atoms with Crippen LogP contribution in [0.4, 0.5) is 0 Å². The minimum absolute atomic E-state index is 0.443. The fraction of sp³-hybridized carbons (Fsp3) is 1.00. The third-order valence-corrected chi connectivity index (χ3v) is 3.75. The zero-order valence-electron chi connectivity index (χ0n) is 5.16. The van der Waals surface area contributed by atoms with Gasteiger partial charge in [0.25, 0.3) is 0 Å². The summed E-state index contributed by atoms with van der Waals surface area (Å²) in [6.07, 6.45) is 0.